The lowest BCUT2D eigenvalue weighted by Crippen LogP contribution is -2.22. The van der Waals surface area contributed by atoms with E-state index in [0.717, 1.165) is 11.1 Å². The summed E-state index contributed by atoms with van der Waals surface area (Å²) >= 11 is 5.84. The first-order chi connectivity index (χ1) is 9.06. The third kappa shape index (κ3) is 3.48. The average Bonchev–Trinajstić information content (AvgIpc) is 2.40. The standard InChI is InChI=1S/C15H13ClO3/c1-10(15(17)18)19-14-8-4-12(5-9-14)11-2-6-13(16)7-3-11/h2-10H,1H3,(H,17,18). The number of aliphatic carboxylic acids is 1. The smallest absolute Gasteiger partial charge is 0.344 e. The summed E-state index contributed by atoms with van der Waals surface area (Å²) < 4.78 is 5.27. The van der Waals surface area contributed by atoms with Gasteiger partial charge in [0, 0.05) is 5.02 Å². The molecule has 0 heterocycles. The second-order valence-corrected chi connectivity index (χ2v) is 4.57. The molecule has 0 radical (unpaired) electrons. The molecule has 0 saturated carbocycles. The molecule has 0 fully saturated rings. The first-order valence-corrected chi connectivity index (χ1v) is 6.19. The summed E-state index contributed by atoms with van der Waals surface area (Å²) in [7, 11) is 0. The van der Waals surface area contributed by atoms with Crippen LogP contribution in [0.5, 0.6) is 5.75 Å². The van der Waals surface area contributed by atoms with Crippen LogP contribution in [0.2, 0.25) is 5.02 Å². The van der Waals surface area contributed by atoms with Gasteiger partial charge in [-0.2, -0.15) is 0 Å². The van der Waals surface area contributed by atoms with Crippen LogP contribution in [0, 0.1) is 0 Å². The maximum Gasteiger partial charge on any atom is 0.344 e. The minimum atomic E-state index is -0.984. The third-order valence-electron chi connectivity index (χ3n) is 2.69. The average molecular weight is 277 g/mol. The molecule has 2 aromatic carbocycles. The molecule has 4 heteroatoms. The molecule has 0 aliphatic rings. The van der Waals surface area contributed by atoms with Crippen molar-refractivity contribution in [3.05, 3.63) is 53.6 Å². The predicted molar refractivity (Wildman–Crippen MR) is 74.6 cm³/mol. The van der Waals surface area contributed by atoms with Gasteiger partial charge in [0.2, 0.25) is 0 Å². The number of rotatable bonds is 4. The number of carbonyl (C=O) groups is 1. The van der Waals surface area contributed by atoms with Crippen molar-refractivity contribution >= 4 is 17.6 Å². The molecule has 1 atom stereocenters. The Morgan fingerprint density at radius 2 is 1.53 bits per heavy atom. The second kappa shape index (κ2) is 5.76. The fourth-order valence-corrected chi connectivity index (χ4v) is 1.75. The van der Waals surface area contributed by atoms with Crippen molar-refractivity contribution in [3.63, 3.8) is 0 Å². The highest BCUT2D eigenvalue weighted by Gasteiger charge is 2.12. The van der Waals surface area contributed by atoms with Crippen LogP contribution < -0.4 is 4.74 Å². The summed E-state index contributed by atoms with van der Waals surface area (Å²) in [5, 5.41) is 9.46. The Bertz CT molecular complexity index is 561. The SMILES string of the molecule is CC(Oc1ccc(-c2ccc(Cl)cc2)cc1)C(=O)O. The minimum absolute atomic E-state index is 0.535. The molecule has 98 valence electrons. The molecule has 0 saturated heterocycles. The van der Waals surface area contributed by atoms with Crippen LogP contribution in [0.3, 0.4) is 0 Å². The number of carboxylic acids is 1. The fraction of sp³-hybridized carbons (Fsp3) is 0.133. The van der Waals surface area contributed by atoms with Crippen molar-refractivity contribution in [1.29, 1.82) is 0 Å². The van der Waals surface area contributed by atoms with E-state index >= 15 is 0 Å². The Morgan fingerprint density at radius 1 is 1.05 bits per heavy atom. The van der Waals surface area contributed by atoms with Crippen molar-refractivity contribution < 1.29 is 14.6 Å². The first-order valence-electron chi connectivity index (χ1n) is 5.82. The Kier molecular flexibility index (Phi) is 4.07. The second-order valence-electron chi connectivity index (χ2n) is 4.13. The minimum Gasteiger partial charge on any atom is -0.479 e. The molecular weight excluding hydrogens is 264 g/mol. The summed E-state index contributed by atoms with van der Waals surface area (Å²) in [4.78, 5) is 10.7. The van der Waals surface area contributed by atoms with E-state index in [0.29, 0.717) is 10.8 Å². The van der Waals surface area contributed by atoms with Gasteiger partial charge in [-0.15, -0.1) is 0 Å². The highest BCUT2D eigenvalue weighted by Crippen LogP contribution is 2.24. The highest BCUT2D eigenvalue weighted by atomic mass is 35.5. The van der Waals surface area contributed by atoms with E-state index in [1.807, 2.05) is 36.4 Å². The van der Waals surface area contributed by atoms with E-state index in [4.69, 9.17) is 21.4 Å². The van der Waals surface area contributed by atoms with Gasteiger partial charge < -0.3 is 9.84 Å². The summed E-state index contributed by atoms with van der Waals surface area (Å²) in [5.41, 5.74) is 2.06. The molecule has 0 aliphatic heterocycles. The number of benzene rings is 2. The van der Waals surface area contributed by atoms with Crippen LogP contribution in [-0.2, 0) is 4.79 Å². The van der Waals surface area contributed by atoms with Gasteiger partial charge in [0.15, 0.2) is 6.10 Å². The Labute approximate surface area is 116 Å². The van der Waals surface area contributed by atoms with Gasteiger partial charge in [0.05, 0.1) is 0 Å². The van der Waals surface area contributed by atoms with Crippen molar-refractivity contribution in [3.8, 4) is 16.9 Å². The van der Waals surface area contributed by atoms with Crippen molar-refractivity contribution in [1.82, 2.24) is 0 Å². The molecule has 0 aromatic heterocycles. The Morgan fingerprint density at radius 3 is 2.00 bits per heavy atom. The number of carboxylic acid groups (broad SMARTS) is 1. The van der Waals surface area contributed by atoms with Gasteiger partial charge in [-0.25, -0.2) is 4.79 Å². The summed E-state index contributed by atoms with van der Waals surface area (Å²) in [6, 6.07) is 14.8. The van der Waals surface area contributed by atoms with Gasteiger partial charge in [0.1, 0.15) is 5.75 Å². The third-order valence-corrected chi connectivity index (χ3v) is 2.94. The Hall–Kier alpha value is -2.00. The first kappa shape index (κ1) is 13.4. The fourth-order valence-electron chi connectivity index (χ4n) is 1.62. The van der Waals surface area contributed by atoms with Crippen LogP contribution >= 0.6 is 11.6 Å². The normalized spacial score (nSPS) is 11.9. The van der Waals surface area contributed by atoms with E-state index in [-0.39, 0.29) is 0 Å². The zero-order valence-electron chi connectivity index (χ0n) is 10.3. The Balaban J connectivity index is 2.14. The van der Waals surface area contributed by atoms with E-state index in [2.05, 4.69) is 0 Å². The number of hydrogen-bond donors (Lipinski definition) is 1. The molecule has 3 nitrogen and oxygen atoms in total. The van der Waals surface area contributed by atoms with Gasteiger partial charge >= 0.3 is 5.97 Å². The van der Waals surface area contributed by atoms with E-state index < -0.39 is 12.1 Å². The van der Waals surface area contributed by atoms with Crippen LogP contribution in [0.1, 0.15) is 6.92 Å². The van der Waals surface area contributed by atoms with Gasteiger partial charge in [-0.3, -0.25) is 0 Å². The lowest BCUT2D eigenvalue weighted by atomic mass is 10.1. The molecule has 1 unspecified atom stereocenters. The molecule has 0 amide bonds. The molecular formula is C15H13ClO3. The molecule has 0 aliphatic carbocycles. The number of hydrogen-bond acceptors (Lipinski definition) is 2. The molecule has 2 aromatic rings. The maximum atomic E-state index is 10.7. The lowest BCUT2D eigenvalue weighted by Gasteiger charge is -2.10. The monoisotopic (exact) mass is 276 g/mol. The van der Waals surface area contributed by atoms with E-state index in [1.165, 1.54) is 6.92 Å². The van der Waals surface area contributed by atoms with Crippen LogP contribution in [0.15, 0.2) is 48.5 Å². The molecule has 19 heavy (non-hydrogen) atoms. The van der Waals surface area contributed by atoms with Crippen molar-refractivity contribution in [2.45, 2.75) is 13.0 Å². The largest absolute Gasteiger partial charge is 0.479 e. The van der Waals surface area contributed by atoms with E-state index in [9.17, 15) is 4.79 Å². The van der Waals surface area contributed by atoms with Gasteiger partial charge in [0.25, 0.3) is 0 Å². The number of halogens is 1. The zero-order chi connectivity index (χ0) is 13.8. The van der Waals surface area contributed by atoms with Crippen LogP contribution in [0.25, 0.3) is 11.1 Å². The zero-order valence-corrected chi connectivity index (χ0v) is 11.1. The summed E-state index contributed by atoms with van der Waals surface area (Å²) in [5.74, 6) is -0.450. The molecule has 0 spiro atoms. The molecule has 1 N–H and O–H groups in total. The molecule has 0 bridgehead atoms. The van der Waals surface area contributed by atoms with Crippen molar-refractivity contribution in [2.24, 2.45) is 0 Å². The number of ether oxygens (including phenoxy) is 1. The van der Waals surface area contributed by atoms with Crippen LogP contribution in [-0.4, -0.2) is 17.2 Å². The molecule has 2 rings (SSSR count). The highest BCUT2D eigenvalue weighted by molar-refractivity contribution is 6.30. The topological polar surface area (TPSA) is 46.5 Å². The van der Waals surface area contributed by atoms with Crippen LogP contribution in [0.4, 0.5) is 0 Å². The van der Waals surface area contributed by atoms with Crippen molar-refractivity contribution in [2.75, 3.05) is 0 Å². The van der Waals surface area contributed by atoms with E-state index in [1.54, 1.807) is 12.1 Å². The van der Waals surface area contributed by atoms with Gasteiger partial charge in [-0.1, -0.05) is 35.9 Å². The quantitative estimate of drug-likeness (QED) is 0.922. The lowest BCUT2D eigenvalue weighted by molar-refractivity contribution is -0.144. The summed E-state index contributed by atoms with van der Waals surface area (Å²) in [6.07, 6.45) is -0.860. The maximum absolute atomic E-state index is 10.7. The van der Waals surface area contributed by atoms with Gasteiger partial charge in [-0.05, 0) is 42.3 Å². The summed E-state index contributed by atoms with van der Waals surface area (Å²) in [6.45, 7) is 1.50. The predicted octanol–water partition coefficient (Wildman–Crippen LogP) is 3.86.